The minimum atomic E-state index is -1.77. The lowest BCUT2D eigenvalue weighted by atomic mass is 9.65. The maximum atomic E-state index is 14.7. The molecule has 0 aliphatic carbocycles. The Morgan fingerprint density at radius 1 is 1.00 bits per heavy atom. The van der Waals surface area contributed by atoms with Crippen molar-refractivity contribution >= 4 is 29.3 Å². The van der Waals surface area contributed by atoms with Crippen LogP contribution in [0.3, 0.4) is 0 Å². The molecule has 11 nitrogen and oxygen atoms in total. The van der Waals surface area contributed by atoms with Crippen molar-refractivity contribution in [1.29, 1.82) is 0 Å². The first-order chi connectivity index (χ1) is 21.3. The first-order valence-electron chi connectivity index (χ1n) is 14.5. The molecule has 1 N–H and O–H groups in total. The number of carbonyl (C=O) groups is 3. The molecular weight excluding hydrogens is 562 g/mol. The van der Waals surface area contributed by atoms with E-state index in [0.29, 0.717) is 42.4 Å². The van der Waals surface area contributed by atoms with Gasteiger partial charge in [-0.25, -0.2) is 9.78 Å². The van der Waals surface area contributed by atoms with Crippen LogP contribution in [0.4, 0.5) is 10.6 Å². The molecule has 11 heteroatoms. The van der Waals surface area contributed by atoms with Crippen molar-refractivity contribution in [3.8, 4) is 11.5 Å². The first kappa shape index (κ1) is 27.6. The van der Waals surface area contributed by atoms with Crippen LogP contribution in [-0.4, -0.2) is 59.4 Å². The van der Waals surface area contributed by atoms with Gasteiger partial charge in [-0.1, -0.05) is 36.4 Å². The van der Waals surface area contributed by atoms with Crippen LogP contribution in [0.15, 0.2) is 65.6 Å². The van der Waals surface area contributed by atoms with Gasteiger partial charge in [0, 0.05) is 25.7 Å². The van der Waals surface area contributed by atoms with E-state index in [9.17, 15) is 19.2 Å². The van der Waals surface area contributed by atoms with E-state index >= 15 is 0 Å². The molecule has 44 heavy (non-hydrogen) atoms. The van der Waals surface area contributed by atoms with Gasteiger partial charge in [-0.3, -0.25) is 29.0 Å². The maximum absolute atomic E-state index is 14.7. The third-order valence-corrected chi connectivity index (χ3v) is 9.17. The molecule has 4 aromatic rings. The molecule has 1 saturated heterocycles. The number of hydrogen-bond acceptors (Lipinski definition) is 8. The van der Waals surface area contributed by atoms with Crippen LogP contribution in [0.25, 0.3) is 5.65 Å². The molecule has 0 unspecified atom stereocenters. The quantitative estimate of drug-likeness (QED) is 0.351. The summed E-state index contributed by atoms with van der Waals surface area (Å²) >= 11 is 0. The zero-order valence-electron chi connectivity index (χ0n) is 24.6. The SMILES string of the molecule is COc1ccc(CCN2C(=O)NC(=O)[C@]3(Cc4c(nc5c(C)cccn5c4=O)N4CCc5ccccc5[C@H]43)C2=O)cc1OC. The fourth-order valence-corrected chi connectivity index (χ4v) is 7.00. The van der Waals surface area contributed by atoms with Gasteiger partial charge < -0.3 is 14.4 Å². The van der Waals surface area contributed by atoms with Gasteiger partial charge in [0.25, 0.3) is 5.56 Å². The number of pyridine rings is 1. The molecular formula is C33H31N5O6. The van der Waals surface area contributed by atoms with Crippen molar-refractivity contribution in [3.05, 3.63) is 99.0 Å². The average molecular weight is 594 g/mol. The molecule has 224 valence electrons. The highest BCUT2D eigenvalue weighted by molar-refractivity contribution is 6.20. The number of nitrogens with zero attached hydrogens (tertiary/aromatic N) is 4. The number of carbonyl (C=O) groups excluding carboxylic acids is 3. The highest BCUT2D eigenvalue weighted by atomic mass is 16.5. The van der Waals surface area contributed by atoms with Crippen LogP contribution in [0.1, 0.15) is 33.9 Å². The Bertz CT molecular complexity index is 1940. The number of fused-ring (bicyclic) bond motifs is 7. The van der Waals surface area contributed by atoms with Gasteiger partial charge in [0.1, 0.15) is 11.5 Å². The second-order valence-electron chi connectivity index (χ2n) is 11.5. The fraction of sp³-hybridized carbons (Fsp3) is 0.303. The number of ether oxygens (including phenoxy) is 2. The number of amides is 4. The number of rotatable bonds is 5. The molecule has 5 heterocycles. The summed E-state index contributed by atoms with van der Waals surface area (Å²) < 4.78 is 12.2. The lowest BCUT2D eigenvalue weighted by molar-refractivity contribution is -0.154. The summed E-state index contributed by atoms with van der Waals surface area (Å²) in [5.74, 6) is 0.231. The Hall–Kier alpha value is -5.19. The van der Waals surface area contributed by atoms with E-state index in [0.717, 1.165) is 27.2 Å². The predicted molar refractivity (Wildman–Crippen MR) is 161 cm³/mol. The van der Waals surface area contributed by atoms with Crippen molar-refractivity contribution < 1.29 is 23.9 Å². The van der Waals surface area contributed by atoms with E-state index in [1.54, 1.807) is 31.5 Å². The number of anilines is 1. The Kier molecular flexibility index (Phi) is 6.42. The van der Waals surface area contributed by atoms with Crippen molar-refractivity contribution in [2.75, 3.05) is 32.2 Å². The van der Waals surface area contributed by atoms with E-state index in [2.05, 4.69) is 5.32 Å². The number of methoxy groups -OCH3 is 2. The van der Waals surface area contributed by atoms with Crippen LogP contribution in [0.2, 0.25) is 0 Å². The Balaban J connectivity index is 1.36. The molecule has 4 amide bonds. The van der Waals surface area contributed by atoms with Gasteiger partial charge >= 0.3 is 6.03 Å². The molecule has 1 fully saturated rings. The topological polar surface area (TPSA) is 123 Å². The van der Waals surface area contributed by atoms with E-state index < -0.39 is 29.3 Å². The first-order valence-corrected chi connectivity index (χ1v) is 14.5. The average Bonchev–Trinajstić information content (AvgIpc) is 3.04. The summed E-state index contributed by atoms with van der Waals surface area (Å²) in [6.45, 7) is 2.36. The smallest absolute Gasteiger partial charge is 0.330 e. The van der Waals surface area contributed by atoms with Gasteiger partial charge in [-0.05, 0) is 60.2 Å². The normalized spacial score (nSPS) is 20.7. The van der Waals surface area contributed by atoms with Gasteiger partial charge in [0.05, 0.1) is 25.8 Å². The van der Waals surface area contributed by atoms with Gasteiger partial charge in [-0.2, -0.15) is 0 Å². The van der Waals surface area contributed by atoms with Crippen molar-refractivity contribution in [2.45, 2.75) is 32.2 Å². The predicted octanol–water partition coefficient (Wildman–Crippen LogP) is 2.99. The molecule has 2 aromatic carbocycles. The second kappa shape index (κ2) is 10.2. The summed E-state index contributed by atoms with van der Waals surface area (Å²) in [7, 11) is 3.08. The lowest BCUT2D eigenvalue weighted by Gasteiger charge is -2.53. The molecule has 1 spiro atoms. The number of nitrogens with one attached hydrogen (secondary N) is 1. The Labute approximate surface area is 253 Å². The van der Waals surface area contributed by atoms with Gasteiger partial charge in [0.15, 0.2) is 16.9 Å². The zero-order valence-corrected chi connectivity index (χ0v) is 24.6. The molecule has 0 bridgehead atoms. The summed E-state index contributed by atoms with van der Waals surface area (Å²) in [5.41, 5.74) is 2.18. The highest BCUT2D eigenvalue weighted by Crippen LogP contribution is 2.52. The summed E-state index contributed by atoms with van der Waals surface area (Å²) in [6, 6.07) is 15.2. The van der Waals surface area contributed by atoms with Crippen LogP contribution >= 0.6 is 0 Å². The molecule has 0 radical (unpaired) electrons. The molecule has 2 aromatic heterocycles. The van der Waals surface area contributed by atoms with Crippen molar-refractivity contribution in [2.24, 2.45) is 5.41 Å². The zero-order chi connectivity index (χ0) is 30.7. The number of barbiturate groups is 1. The third-order valence-electron chi connectivity index (χ3n) is 9.17. The largest absolute Gasteiger partial charge is 0.493 e. The van der Waals surface area contributed by atoms with Crippen molar-refractivity contribution in [3.63, 3.8) is 0 Å². The lowest BCUT2D eigenvalue weighted by Crippen LogP contribution is -2.70. The number of benzene rings is 2. The number of aromatic nitrogens is 2. The maximum Gasteiger partial charge on any atom is 0.330 e. The number of aryl methyl sites for hydroxylation is 1. The van der Waals surface area contributed by atoms with E-state index in [-0.39, 0.29) is 24.1 Å². The highest BCUT2D eigenvalue weighted by Gasteiger charge is 2.64. The van der Waals surface area contributed by atoms with Gasteiger partial charge in [0.2, 0.25) is 11.8 Å². The Morgan fingerprint density at radius 3 is 2.59 bits per heavy atom. The second-order valence-corrected chi connectivity index (χ2v) is 11.5. The van der Waals surface area contributed by atoms with E-state index in [1.165, 1.54) is 11.5 Å². The number of urea groups is 1. The summed E-state index contributed by atoms with van der Waals surface area (Å²) in [4.78, 5) is 64.1. The summed E-state index contributed by atoms with van der Waals surface area (Å²) in [5, 5.41) is 2.48. The van der Waals surface area contributed by atoms with Crippen LogP contribution < -0.4 is 25.2 Å². The van der Waals surface area contributed by atoms with Crippen LogP contribution in [-0.2, 0) is 28.9 Å². The van der Waals surface area contributed by atoms with E-state index in [1.807, 2.05) is 48.2 Å². The minimum Gasteiger partial charge on any atom is -0.493 e. The fourth-order valence-electron chi connectivity index (χ4n) is 7.00. The standard InChI is InChI=1S/C33H31N5O6/c1-19-7-6-14-37-27(19)34-28-23(29(37)39)18-33(26-22-9-5-4-8-21(22)13-16-36(26)28)30(40)35-32(42)38(31(33)41)15-12-20-10-11-24(43-2)25(17-20)44-3/h4-11,14,17,26H,12-13,15-16,18H2,1-3H3,(H,35,40,42)/t26-,33+/m0/s1. The van der Waals surface area contributed by atoms with Crippen LogP contribution in [0, 0.1) is 12.3 Å². The van der Waals surface area contributed by atoms with E-state index in [4.69, 9.17) is 14.5 Å². The molecule has 3 aliphatic rings. The number of hydrogen-bond donors (Lipinski definition) is 1. The minimum absolute atomic E-state index is 0.0184. The molecule has 3 aliphatic heterocycles. The Morgan fingerprint density at radius 2 is 1.80 bits per heavy atom. The monoisotopic (exact) mass is 593 g/mol. The van der Waals surface area contributed by atoms with Crippen molar-refractivity contribution in [1.82, 2.24) is 19.6 Å². The number of imide groups is 2. The molecule has 7 rings (SSSR count). The van der Waals surface area contributed by atoms with Gasteiger partial charge in [-0.15, -0.1) is 0 Å². The summed E-state index contributed by atoms with van der Waals surface area (Å²) in [6.07, 6.45) is 2.42. The third kappa shape index (κ3) is 3.91. The molecule has 2 atom stereocenters. The molecule has 0 saturated carbocycles. The van der Waals surface area contributed by atoms with Crippen LogP contribution in [0.5, 0.6) is 11.5 Å².